The number of amides is 3. The molecule has 4 rings (SSSR count). The van der Waals surface area contributed by atoms with Gasteiger partial charge in [-0.3, -0.25) is 9.78 Å². The smallest absolute Gasteiger partial charge is 0.308 e. The van der Waals surface area contributed by atoms with Gasteiger partial charge in [0, 0.05) is 30.3 Å². The average molecular weight is 452 g/mol. The molecule has 0 bridgehead atoms. The zero-order valence-corrected chi connectivity index (χ0v) is 17.3. The molecule has 0 unspecified atom stereocenters. The van der Waals surface area contributed by atoms with Crippen molar-refractivity contribution in [1.82, 2.24) is 10.3 Å². The summed E-state index contributed by atoms with van der Waals surface area (Å²) in [4.78, 5) is 30.9. The molecule has 1 aromatic heterocycles. The summed E-state index contributed by atoms with van der Waals surface area (Å²) >= 11 is 0. The van der Waals surface area contributed by atoms with Gasteiger partial charge in [-0.1, -0.05) is 24.3 Å². The van der Waals surface area contributed by atoms with Gasteiger partial charge >= 0.3 is 12.2 Å². The second kappa shape index (κ2) is 9.15. The summed E-state index contributed by atoms with van der Waals surface area (Å²) in [5.41, 5.74) is 2.05. The predicted molar refractivity (Wildman–Crippen MR) is 118 cm³/mol. The van der Waals surface area contributed by atoms with Gasteiger partial charge in [-0.15, -0.1) is 0 Å². The number of hydrogen-bond donors (Lipinski definition) is 2. The van der Waals surface area contributed by atoms with E-state index in [-0.39, 0.29) is 17.3 Å². The van der Waals surface area contributed by atoms with Crippen LogP contribution in [0.3, 0.4) is 0 Å². The number of alkyl halides is 3. The zero-order chi connectivity index (χ0) is 23.4. The van der Waals surface area contributed by atoms with E-state index in [4.69, 9.17) is 0 Å². The highest BCUT2D eigenvalue weighted by atomic mass is 19.4. The molecule has 0 saturated heterocycles. The van der Waals surface area contributed by atoms with E-state index < -0.39 is 17.8 Å². The van der Waals surface area contributed by atoms with E-state index in [1.165, 1.54) is 0 Å². The van der Waals surface area contributed by atoms with Crippen molar-refractivity contribution in [3.8, 4) is 11.1 Å². The minimum atomic E-state index is -4.46. The number of carbonyl (C=O) groups is 2. The molecule has 2 N–H and O–H groups in total. The van der Waals surface area contributed by atoms with E-state index in [9.17, 15) is 22.8 Å². The lowest BCUT2D eigenvalue weighted by Gasteiger charge is -2.27. The first-order valence-electron chi connectivity index (χ1n) is 10.1. The molecule has 0 aliphatic carbocycles. The first-order chi connectivity index (χ1) is 15.8. The summed E-state index contributed by atoms with van der Waals surface area (Å²) in [5, 5.41) is 4.92. The second-order valence-electron chi connectivity index (χ2n) is 7.31. The highest BCUT2D eigenvalue weighted by Crippen LogP contribution is 2.30. The molecule has 168 valence electrons. The third kappa shape index (κ3) is 5.20. The van der Waals surface area contributed by atoms with Crippen molar-refractivity contribution < 1.29 is 22.8 Å². The van der Waals surface area contributed by atoms with E-state index in [2.05, 4.69) is 15.6 Å². The van der Waals surface area contributed by atoms with Crippen LogP contribution in [0.2, 0.25) is 0 Å². The molecule has 1 aliphatic heterocycles. The number of carbonyl (C=O) groups excluding carboxylic acids is 2. The lowest BCUT2D eigenvalue weighted by Crippen LogP contribution is -2.42. The molecule has 6 nitrogen and oxygen atoms in total. The Bertz CT molecular complexity index is 1180. The Labute approximate surface area is 187 Å². The van der Waals surface area contributed by atoms with Crippen LogP contribution in [-0.4, -0.2) is 23.5 Å². The van der Waals surface area contributed by atoms with Crippen molar-refractivity contribution in [2.45, 2.75) is 12.6 Å². The molecule has 2 heterocycles. The molecule has 1 aliphatic rings. The van der Waals surface area contributed by atoms with Crippen LogP contribution in [0.4, 0.5) is 29.3 Å². The molecular weight excluding hydrogens is 433 g/mol. The molecule has 0 radical (unpaired) electrons. The minimum absolute atomic E-state index is 0.0991. The number of benzene rings is 2. The van der Waals surface area contributed by atoms with Crippen LogP contribution in [0.1, 0.15) is 12.0 Å². The molecule has 3 aromatic rings. The van der Waals surface area contributed by atoms with Crippen molar-refractivity contribution in [1.29, 1.82) is 0 Å². The van der Waals surface area contributed by atoms with Crippen LogP contribution in [0.15, 0.2) is 84.8 Å². The quantitative estimate of drug-likeness (QED) is 0.571. The van der Waals surface area contributed by atoms with Crippen LogP contribution >= 0.6 is 0 Å². The summed E-state index contributed by atoms with van der Waals surface area (Å²) < 4.78 is 38.0. The van der Waals surface area contributed by atoms with Crippen LogP contribution in [0.5, 0.6) is 0 Å². The van der Waals surface area contributed by atoms with Gasteiger partial charge in [0.15, 0.2) is 0 Å². The number of rotatable bonds is 4. The van der Waals surface area contributed by atoms with Gasteiger partial charge in [0.05, 0.1) is 5.56 Å². The lowest BCUT2D eigenvalue weighted by atomic mass is 10.1. The molecule has 3 amide bonds. The highest BCUT2D eigenvalue weighted by molar-refractivity contribution is 6.09. The fourth-order valence-electron chi connectivity index (χ4n) is 3.42. The van der Waals surface area contributed by atoms with Gasteiger partial charge in [-0.25, -0.2) is 4.79 Å². The van der Waals surface area contributed by atoms with Gasteiger partial charge in [0.2, 0.25) is 0 Å². The zero-order valence-electron chi connectivity index (χ0n) is 17.3. The number of urea groups is 1. The van der Waals surface area contributed by atoms with Gasteiger partial charge in [-0.2, -0.15) is 13.2 Å². The second-order valence-corrected chi connectivity index (χ2v) is 7.31. The molecule has 33 heavy (non-hydrogen) atoms. The number of nitrogens with zero attached hydrogens (tertiary/aromatic N) is 2. The van der Waals surface area contributed by atoms with Gasteiger partial charge < -0.3 is 15.5 Å². The summed E-state index contributed by atoms with van der Waals surface area (Å²) in [6.07, 6.45) is 1.14. The van der Waals surface area contributed by atoms with E-state index in [1.54, 1.807) is 23.4 Å². The minimum Gasteiger partial charge on any atom is -0.308 e. The Morgan fingerprint density at radius 1 is 0.939 bits per heavy atom. The molecule has 0 atom stereocenters. The Balaban J connectivity index is 1.40. The van der Waals surface area contributed by atoms with E-state index in [1.807, 2.05) is 36.4 Å². The monoisotopic (exact) mass is 452 g/mol. The largest absolute Gasteiger partial charge is 0.416 e. The van der Waals surface area contributed by atoms with Gasteiger partial charge in [0.1, 0.15) is 5.70 Å². The summed E-state index contributed by atoms with van der Waals surface area (Å²) in [5.74, 6) is -0.377. The Kier molecular flexibility index (Phi) is 6.12. The van der Waals surface area contributed by atoms with E-state index in [0.29, 0.717) is 18.7 Å². The highest BCUT2D eigenvalue weighted by Gasteiger charge is 2.30. The maximum absolute atomic E-state index is 12.9. The average Bonchev–Trinajstić information content (AvgIpc) is 2.81. The molecule has 0 fully saturated rings. The molecule has 9 heteroatoms. The Morgan fingerprint density at radius 2 is 1.67 bits per heavy atom. The maximum atomic E-state index is 12.9. The van der Waals surface area contributed by atoms with Crippen LogP contribution in [0, 0.1) is 0 Å². The van der Waals surface area contributed by atoms with Gasteiger partial charge in [0.25, 0.3) is 5.91 Å². The molecule has 2 aromatic carbocycles. The van der Waals surface area contributed by atoms with Crippen molar-refractivity contribution in [2.24, 2.45) is 0 Å². The van der Waals surface area contributed by atoms with Crippen LogP contribution < -0.4 is 15.5 Å². The number of hydrogen-bond acceptors (Lipinski definition) is 3. The topological polar surface area (TPSA) is 74.3 Å². The van der Waals surface area contributed by atoms with Crippen LogP contribution in [0.25, 0.3) is 11.1 Å². The standard InChI is InChI=1S/C24H19F3N4O2/c25-24(26,27)18-7-9-19(10-8-18)29-23(33)30-21-4-2-14-31(22(21)32)20-11-5-16(6-12-20)17-3-1-13-28-15-17/h1,3-13,15H,2,14H2,(H2,29,30,33). The Morgan fingerprint density at radius 3 is 2.30 bits per heavy atom. The fourth-order valence-corrected chi connectivity index (χ4v) is 3.42. The van der Waals surface area contributed by atoms with Gasteiger partial charge in [-0.05, 0) is 60.0 Å². The first kappa shape index (κ1) is 22.1. The van der Waals surface area contributed by atoms with Crippen molar-refractivity contribution in [3.63, 3.8) is 0 Å². The predicted octanol–water partition coefficient (Wildman–Crippen LogP) is 5.21. The van der Waals surface area contributed by atoms with E-state index in [0.717, 1.165) is 35.4 Å². The Hall–Kier alpha value is -4.14. The lowest BCUT2D eigenvalue weighted by molar-refractivity contribution is -0.137. The molecule has 0 saturated carbocycles. The fraction of sp³-hybridized carbons (Fsp3) is 0.125. The molecular formula is C24H19F3N4O2. The summed E-state index contributed by atoms with van der Waals surface area (Å²) in [7, 11) is 0. The van der Waals surface area contributed by atoms with Crippen molar-refractivity contribution >= 4 is 23.3 Å². The summed E-state index contributed by atoms with van der Waals surface area (Å²) in [6.45, 7) is 0.455. The van der Waals surface area contributed by atoms with Crippen LogP contribution in [-0.2, 0) is 11.0 Å². The number of halogens is 3. The van der Waals surface area contributed by atoms with Crippen molar-refractivity contribution in [2.75, 3.05) is 16.8 Å². The normalized spacial score (nSPS) is 14.0. The third-order valence-electron chi connectivity index (χ3n) is 5.07. The number of nitrogens with one attached hydrogen (secondary N) is 2. The maximum Gasteiger partial charge on any atom is 0.416 e. The van der Waals surface area contributed by atoms with Crippen molar-refractivity contribution in [3.05, 3.63) is 90.4 Å². The number of pyridine rings is 1. The third-order valence-corrected chi connectivity index (χ3v) is 5.07. The van der Waals surface area contributed by atoms with E-state index >= 15 is 0 Å². The molecule has 0 spiro atoms. The first-order valence-corrected chi connectivity index (χ1v) is 10.1. The summed E-state index contributed by atoms with van der Waals surface area (Å²) in [6, 6.07) is 14.5. The number of aromatic nitrogens is 1. The number of anilines is 2. The SMILES string of the molecule is O=C(NC1=CCCN(c2ccc(-c3cccnc3)cc2)C1=O)Nc1ccc(C(F)(F)F)cc1.